The molecule has 1 aromatic carbocycles. The number of rotatable bonds is 5. The van der Waals surface area contributed by atoms with E-state index in [0.717, 1.165) is 11.8 Å². The topological polar surface area (TPSA) is 9.23 Å². The van der Waals surface area contributed by atoms with E-state index in [1.807, 2.05) is 0 Å². The Hall–Kier alpha value is -0.980. The van der Waals surface area contributed by atoms with Crippen molar-refractivity contribution >= 4 is 0 Å². The molecule has 116 valence electrons. The molecule has 0 spiro atoms. The van der Waals surface area contributed by atoms with Crippen LogP contribution >= 0.6 is 0 Å². The van der Waals surface area contributed by atoms with Crippen molar-refractivity contribution < 1.29 is 4.74 Å². The lowest BCUT2D eigenvalue weighted by atomic mass is 9.88. The van der Waals surface area contributed by atoms with Gasteiger partial charge in [-0.3, -0.25) is 0 Å². The summed E-state index contributed by atoms with van der Waals surface area (Å²) >= 11 is 0. The number of benzene rings is 1. The Balaban J connectivity index is 1.99. The second kappa shape index (κ2) is 5.34. The number of hydrogen-bond acceptors (Lipinski definition) is 1. The molecule has 2 fully saturated rings. The first-order valence-electron chi connectivity index (χ1n) is 8.68. The van der Waals surface area contributed by atoms with E-state index in [1.54, 1.807) is 0 Å². The number of para-hydroxylation sites is 1. The molecule has 0 heterocycles. The van der Waals surface area contributed by atoms with Crippen LogP contribution in [0.5, 0.6) is 5.75 Å². The average Bonchev–Trinajstić information content (AvgIpc) is 3.28. The lowest BCUT2D eigenvalue weighted by molar-refractivity contribution is 0.126. The summed E-state index contributed by atoms with van der Waals surface area (Å²) in [5.41, 5.74) is 2.76. The van der Waals surface area contributed by atoms with Crippen LogP contribution in [0.4, 0.5) is 0 Å². The van der Waals surface area contributed by atoms with Crippen molar-refractivity contribution in [2.24, 2.45) is 11.8 Å². The molecule has 21 heavy (non-hydrogen) atoms. The van der Waals surface area contributed by atoms with E-state index >= 15 is 0 Å². The Kier molecular flexibility index (Phi) is 3.80. The second-order valence-corrected chi connectivity index (χ2v) is 8.23. The van der Waals surface area contributed by atoms with Gasteiger partial charge in [0.05, 0.1) is 0 Å². The lowest BCUT2D eigenvalue weighted by Gasteiger charge is -2.29. The number of hydrogen-bond donors (Lipinski definition) is 0. The molecule has 0 unspecified atom stereocenters. The molecule has 0 N–H and O–H groups in total. The summed E-state index contributed by atoms with van der Waals surface area (Å²) in [4.78, 5) is 0. The summed E-state index contributed by atoms with van der Waals surface area (Å²) in [7, 11) is 0. The van der Waals surface area contributed by atoms with E-state index in [9.17, 15) is 0 Å². The van der Waals surface area contributed by atoms with Crippen LogP contribution < -0.4 is 4.74 Å². The summed E-state index contributed by atoms with van der Waals surface area (Å²) < 4.78 is 6.46. The highest BCUT2D eigenvalue weighted by molar-refractivity contribution is 5.46. The van der Waals surface area contributed by atoms with Crippen molar-refractivity contribution in [2.75, 3.05) is 0 Å². The van der Waals surface area contributed by atoms with Crippen molar-refractivity contribution in [3.05, 3.63) is 29.3 Å². The molecule has 1 aromatic rings. The fourth-order valence-electron chi connectivity index (χ4n) is 3.41. The van der Waals surface area contributed by atoms with E-state index < -0.39 is 0 Å². The SMILES string of the molecule is C[C@H](c1cccc([C@H](C)C2CC2)c1OC(C)(C)C)C1CC1. The Morgan fingerprint density at radius 1 is 0.905 bits per heavy atom. The molecule has 0 aromatic heterocycles. The van der Waals surface area contributed by atoms with Gasteiger partial charge in [-0.2, -0.15) is 0 Å². The van der Waals surface area contributed by atoms with Gasteiger partial charge < -0.3 is 4.74 Å². The first-order chi connectivity index (χ1) is 9.87. The quantitative estimate of drug-likeness (QED) is 0.655. The van der Waals surface area contributed by atoms with E-state index in [1.165, 1.54) is 42.6 Å². The van der Waals surface area contributed by atoms with Gasteiger partial charge in [0.25, 0.3) is 0 Å². The zero-order chi connectivity index (χ0) is 15.2. The Morgan fingerprint density at radius 2 is 1.33 bits per heavy atom. The fourth-order valence-corrected chi connectivity index (χ4v) is 3.41. The summed E-state index contributed by atoms with van der Waals surface area (Å²) in [6.07, 6.45) is 5.55. The van der Waals surface area contributed by atoms with Crippen LogP contribution in [0, 0.1) is 11.8 Å². The summed E-state index contributed by atoms with van der Waals surface area (Å²) in [6.45, 7) is 11.3. The zero-order valence-corrected chi connectivity index (χ0v) is 14.3. The van der Waals surface area contributed by atoms with Gasteiger partial charge in [0.2, 0.25) is 0 Å². The van der Waals surface area contributed by atoms with Gasteiger partial charge >= 0.3 is 0 Å². The van der Waals surface area contributed by atoms with Crippen LogP contribution in [-0.4, -0.2) is 5.60 Å². The predicted molar refractivity (Wildman–Crippen MR) is 89.1 cm³/mol. The summed E-state index contributed by atoms with van der Waals surface area (Å²) in [5, 5.41) is 0. The van der Waals surface area contributed by atoms with Crippen molar-refractivity contribution in [3.63, 3.8) is 0 Å². The van der Waals surface area contributed by atoms with Gasteiger partial charge in [-0.05, 0) is 81.3 Å². The molecule has 0 amide bonds. The molecule has 1 nitrogen and oxygen atoms in total. The number of ether oxygens (including phenoxy) is 1. The predicted octanol–water partition coefficient (Wildman–Crippen LogP) is 5.89. The summed E-state index contributed by atoms with van der Waals surface area (Å²) in [5.74, 6) is 4.21. The molecule has 0 saturated heterocycles. The van der Waals surface area contributed by atoms with Gasteiger partial charge in [-0.1, -0.05) is 32.0 Å². The van der Waals surface area contributed by atoms with Gasteiger partial charge in [-0.25, -0.2) is 0 Å². The van der Waals surface area contributed by atoms with Crippen molar-refractivity contribution in [2.45, 2.75) is 77.7 Å². The van der Waals surface area contributed by atoms with Crippen LogP contribution in [0.3, 0.4) is 0 Å². The maximum Gasteiger partial charge on any atom is 0.127 e. The smallest absolute Gasteiger partial charge is 0.127 e. The van der Waals surface area contributed by atoms with Crippen LogP contribution in [0.2, 0.25) is 0 Å². The largest absolute Gasteiger partial charge is 0.488 e. The van der Waals surface area contributed by atoms with Gasteiger partial charge in [-0.15, -0.1) is 0 Å². The maximum atomic E-state index is 6.46. The minimum atomic E-state index is -0.128. The molecule has 0 aliphatic heterocycles. The van der Waals surface area contributed by atoms with Crippen molar-refractivity contribution in [3.8, 4) is 5.75 Å². The van der Waals surface area contributed by atoms with E-state index in [4.69, 9.17) is 4.74 Å². The molecule has 2 aliphatic carbocycles. The molecule has 2 atom stereocenters. The standard InChI is InChI=1S/C20H30O/c1-13(15-9-10-15)17-7-6-8-18(14(2)16-11-12-16)19(17)21-20(3,4)5/h6-8,13-16H,9-12H2,1-5H3/t13-,14+. The molecule has 0 radical (unpaired) electrons. The molecular formula is C20H30O. The van der Waals surface area contributed by atoms with Gasteiger partial charge in [0.15, 0.2) is 0 Å². The monoisotopic (exact) mass is 286 g/mol. The van der Waals surface area contributed by atoms with Crippen LogP contribution in [-0.2, 0) is 0 Å². The maximum absolute atomic E-state index is 6.46. The highest BCUT2D eigenvalue weighted by atomic mass is 16.5. The van der Waals surface area contributed by atoms with Crippen molar-refractivity contribution in [1.82, 2.24) is 0 Å². The highest BCUT2D eigenvalue weighted by Crippen LogP contribution is 2.50. The Bertz CT molecular complexity index is 467. The second-order valence-electron chi connectivity index (χ2n) is 8.23. The average molecular weight is 286 g/mol. The zero-order valence-electron chi connectivity index (χ0n) is 14.3. The minimum Gasteiger partial charge on any atom is -0.488 e. The first kappa shape index (κ1) is 14.9. The Labute approximate surface area is 130 Å². The molecule has 2 aliphatic rings. The molecular weight excluding hydrogens is 256 g/mol. The van der Waals surface area contributed by atoms with Crippen molar-refractivity contribution in [1.29, 1.82) is 0 Å². The third-order valence-electron chi connectivity index (χ3n) is 5.12. The minimum absolute atomic E-state index is 0.128. The van der Waals surface area contributed by atoms with Crippen LogP contribution in [0.1, 0.15) is 83.3 Å². The van der Waals surface area contributed by atoms with E-state index in [0.29, 0.717) is 11.8 Å². The third kappa shape index (κ3) is 3.44. The Morgan fingerprint density at radius 3 is 1.67 bits per heavy atom. The van der Waals surface area contributed by atoms with Gasteiger partial charge in [0.1, 0.15) is 11.4 Å². The van der Waals surface area contributed by atoms with Gasteiger partial charge in [0, 0.05) is 0 Å². The lowest BCUT2D eigenvalue weighted by Crippen LogP contribution is -2.25. The van der Waals surface area contributed by atoms with Crippen LogP contribution in [0.25, 0.3) is 0 Å². The highest BCUT2D eigenvalue weighted by Gasteiger charge is 2.35. The van der Waals surface area contributed by atoms with Crippen LogP contribution in [0.15, 0.2) is 18.2 Å². The summed E-state index contributed by atoms with van der Waals surface area (Å²) in [6, 6.07) is 6.85. The third-order valence-corrected chi connectivity index (χ3v) is 5.12. The molecule has 3 rings (SSSR count). The molecule has 1 heteroatoms. The molecule has 2 saturated carbocycles. The van der Waals surface area contributed by atoms with E-state index in [-0.39, 0.29) is 5.60 Å². The first-order valence-corrected chi connectivity index (χ1v) is 8.68. The fraction of sp³-hybridized carbons (Fsp3) is 0.700. The normalized spacial score (nSPS) is 22.0. The molecule has 0 bridgehead atoms. The van der Waals surface area contributed by atoms with E-state index in [2.05, 4.69) is 52.8 Å².